The second kappa shape index (κ2) is 8.58. The number of hydrogen-bond donors (Lipinski definition) is 1. The van der Waals surface area contributed by atoms with Gasteiger partial charge in [0.15, 0.2) is 11.5 Å². The molecule has 1 aromatic heterocycles. The first-order valence-corrected chi connectivity index (χ1v) is 10.5. The summed E-state index contributed by atoms with van der Waals surface area (Å²) >= 11 is 1.16. The predicted molar refractivity (Wildman–Crippen MR) is 116 cm³/mol. The summed E-state index contributed by atoms with van der Waals surface area (Å²) in [5, 5.41) is 2.67. The topological polar surface area (TPSA) is 73.9 Å². The quantitative estimate of drug-likeness (QED) is 0.409. The smallest absolute Gasteiger partial charge is 0.341 e. The van der Waals surface area contributed by atoms with Gasteiger partial charge >= 0.3 is 5.97 Å². The van der Waals surface area contributed by atoms with Gasteiger partial charge in [-0.15, -0.1) is 11.3 Å². The first-order chi connectivity index (χ1) is 15.4. The average molecular weight is 459 g/mol. The Bertz CT molecular complexity index is 1220. The molecule has 0 atom stereocenters. The van der Waals surface area contributed by atoms with Crippen molar-refractivity contribution in [2.24, 2.45) is 0 Å². The largest absolute Gasteiger partial charge is 0.493 e. The van der Waals surface area contributed by atoms with Gasteiger partial charge in [0.25, 0.3) is 5.91 Å². The second-order valence-electron chi connectivity index (χ2n) is 6.92. The fraction of sp³-hybridized carbons (Fsp3) is 0.217. The van der Waals surface area contributed by atoms with Crippen LogP contribution in [-0.2, 0) is 11.2 Å². The molecule has 1 aliphatic rings. The zero-order valence-corrected chi connectivity index (χ0v) is 18.3. The monoisotopic (exact) mass is 459 g/mol. The third-order valence-corrected chi connectivity index (χ3v) is 6.21. The van der Waals surface area contributed by atoms with Crippen LogP contribution in [0.4, 0.5) is 13.8 Å². The first-order valence-electron chi connectivity index (χ1n) is 9.72. The van der Waals surface area contributed by atoms with Gasteiger partial charge in [-0.1, -0.05) is 6.07 Å². The summed E-state index contributed by atoms with van der Waals surface area (Å²) in [6, 6.07) is 6.76. The van der Waals surface area contributed by atoms with Gasteiger partial charge in [-0.3, -0.25) is 4.79 Å². The minimum atomic E-state index is -0.994. The van der Waals surface area contributed by atoms with E-state index in [1.54, 1.807) is 13.0 Å². The summed E-state index contributed by atoms with van der Waals surface area (Å²) in [6.07, 6.45) is 0.492. The number of carbonyl (C=O) groups is 2. The van der Waals surface area contributed by atoms with Gasteiger partial charge in [0.05, 0.1) is 20.8 Å². The lowest BCUT2D eigenvalue weighted by atomic mass is 10.0. The number of ether oxygens (including phenoxy) is 3. The molecule has 0 aliphatic heterocycles. The van der Waals surface area contributed by atoms with E-state index >= 15 is 0 Å². The average Bonchev–Trinajstić information content (AvgIpc) is 3.27. The highest BCUT2D eigenvalue weighted by Crippen LogP contribution is 2.50. The van der Waals surface area contributed by atoms with Crippen LogP contribution in [0.1, 0.15) is 38.1 Å². The van der Waals surface area contributed by atoms with E-state index in [0.717, 1.165) is 39.5 Å². The summed E-state index contributed by atoms with van der Waals surface area (Å²) in [6.45, 7) is 1.79. The van der Waals surface area contributed by atoms with Crippen LogP contribution in [0, 0.1) is 11.6 Å². The number of thiophene rings is 1. The van der Waals surface area contributed by atoms with Crippen LogP contribution in [0.25, 0.3) is 11.1 Å². The van der Waals surface area contributed by atoms with Gasteiger partial charge in [-0.2, -0.15) is 0 Å². The first kappa shape index (κ1) is 21.8. The molecule has 1 aliphatic carbocycles. The number of amides is 1. The lowest BCUT2D eigenvalue weighted by Gasteiger charge is -2.12. The molecule has 0 unspecified atom stereocenters. The van der Waals surface area contributed by atoms with Crippen LogP contribution in [0.15, 0.2) is 30.3 Å². The van der Waals surface area contributed by atoms with E-state index in [1.807, 2.05) is 6.07 Å². The molecule has 1 heterocycles. The van der Waals surface area contributed by atoms with Crippen molar-refractivity contribution >= 4 is 28.2 Å². The molecule has 0 radical (unpaired) electrons. The minimum Gasteiger partial charge on any atom is -0.493 e. The van der Waals surface area contributed by atoms with Crippen molar-refractivity contribution in [1.82, 2.24) is 0 Å². The summed E-state index contributed by atoms with van der Waals surface area (Å²) < 4.78 is 44.1. The predicted octanol–water partition coefficient (Wildman–Crippen LogP) is 5.04. The molecule has 166 valence electrons. The number of rotatable bonds is 6. The molecule has 2 aromatic carbocycles. The summed E-state index contributed by atoms with van der Waals surface area (Å²) in [7, 11) is 3.04. The van der Waals surface area contributed by atoms with Crippen molar-refractivity contribution in [2.75, 3.05) is 26.1 Å². The van der Waals surface area contributed by atoms with Crippen molar-refractivity contribution < 1.29 is 32.6 Å². The third kappa shape index (κ3) is 3.58. The molecule has 0 bridgehead atoms. The molecule has 0 saturated carbocycles. The highest BCUT2D eigenvalue weighted by atomic mass is 32.1. The maximum absolute atomic E-state index is 14.1. The van der Waals surface area contributed by atoms with Crippen LogP contribution in [0.2, 0.25) is 0 Å². The Hall–Kier alpha value is -3.46. The Balaban J connectivity index is 1.82. The van der Waals surface area contributed by atoms with Crippen molar-refractivity contribution in [3.05, 3.63) is 63.5 Å². The van der Waals surface area contributed by atoms with Gasteiger partial charge < -0.3 is 19.5 Å². The molecule has 0 fully saturated rings. The van der Waals surface area contributed by atoms with Gasteiger partial charge in [-0.05, 0) is 42.3 Å². The number of nitrogens with one attached hydrogen (secondary N) is 1. The van der Waals surface area contributed by atoms with Gasteiger partial charge in [0, 0.05) is 16.9 Å². The fourth-order valence-electron chi connectivity index (χ4n) is 3.73. The lowest BCUT2D eigenvalue weighted by Crippen LogP contribution is -2.17. The number of hydrogen-bond acceptors (Lipinski definition) is 6. The number of benzene rings is 2. The van der Waals surface area contributed by atoms with E-state index in [-0.39, 0.29) is 17.2 Å². The highest BCUT2D eigenvalue weighted by Gasteiger charge is 2.33. The normalized spacial score (nSPS) is 11.5. The van der Waals surface area contributed by atoms with E-state index in [1.165, 1.54) is 20.3 Å². The van der Waals surface area contributed by atoms with Crippen molar-refractivity contribution in [3.8, 4) is 22.6 Å². The molecular weight excluding hydrogens is 440 g/mol. The fourth-order valence-corrected chi connectivity index (χ4v) is 4.95. The SMILES string of the molecule is CCOC(=O)c1c(NC(=O)c2c(F)cccc2F)sc2c1-c1cc(OC)c(OC)cc1C2. The zero-order chi connectivity index (χ0) is 23.0. The highest BCUT2D eigenvalue weighted by molar-refractivity contribution is 7.17. The van der Waals surface area contributed by atoms with Crippen molar-refractivity contribution in [1.29, 1.82) is 0 Å². The Morgan fingerprint density at radius 2 is 1.72 bits per heavy atom. The molecule has 3 aromatic rings. The maximum Gasteiger partial charge on any atom is 0.341 e. The molecule has 1 N–H and O–H groups in total. The van der Waals surface area contributed by atoms with E-state index in [4.69, 9.17) is 14.2 Å². The third-order valence-electron chi connectivity index (χ3n) is 5.11. The Morgan fingerprint density at radius 3 is 2.34 bits per heavy atom. The van der Waals surface area contributed by atoms with Gasteiger partial charge in [-0.25, -0.2) is 13.6 Å². The van der Waals surface area contributed by atoms with Crippen LogP contribution >= 0.6 is 11.3 Å². The number of anilines is 1. The van der Waals surface area contributed by atoms with Crippen LogP contribution in [0.5, 0.6) is 11.5 Å². The molecule has 9 heteroatoms. The Kier molecular flexibility index (Phi) is 5.84. The number of esters is 1. The van der Waals surface area contributed by atoms with Crippen LogP contribution in [-0.4, -0.2) is 32.7 Å². The van der Waals surface area contributed by atoms with Crippen molar-refractivity contribution in [3.63, 3.8) is 0 Å². The molecule has 4 rings (SSSR count). The van der Waals surface area contributed by atoms with Gasteiger partial charge in [0.2, 0.25) is 0 Å². The van der Waals surface area contributed by atoms with Crippen LogP contribution < -0.4 is 14.8 Å². The lowest BCUT2D eigenvalue weighted by molar-refractivity contribution is 0.0529. The minimum absolute atomic E-state index is 0.123. The van der Waals surface area contributed by atoms with E-state index in [0.29, 0.717) is 23.5 Å². The number of fused-ring (bicyclic) bond motifs is 3. The summed E-state index contributed by atoms with van der Waals surface area (Å²) in [5.41, 5.74) is 1.70. The number of carbonyl (C=O) groups excluding carboxylic acids is 2. The number of halogens is 2. The molecule has 1 amide bonds. The molecule has 0 spiro atoms. The number of methoxy groups -OCH3 is 2. The second-order valence-corrected chi connectivity index (χ2v) is 8.02. The summed E-state index contributed by atoms with van der Waals surface area (Å²) in [5.74, 6) is -2.57. The standard InChI is InChI=1S/C23H19F2NO5S/c1-4-31-23(28)20-18-12-10-16(30-3)15(29-2)8-11(12)9-17(18)32-22(20)26-21(27)19-13(24)6-5-7-14(19)25/h5-8,10H,4,9H2,1-3H3,(H,26,27). The van der Waals surface area contributed by atoms with E-state index < -0.39 is 29.1 Å². The van der Waals surface area contributed by atoms with E-state index in [2.05, 4.69) is 5.32 Å². The molecule has 0 saturated heterocycles. The van der Waals surface area contributed by atoms with E-state index in [9.17, 15) is 18.4 Å². The maximum atomic E-state index is 14.1. The Morgan fingerprint density at radius 1 is 1.06 bits per heavy atom. The van der Waals surface area contributed by atoms with Crippen molar-refractivity contribution in [2.45, 2.75) is 13.3 Å². The van der Waals surface area contributed by atoms with Crippen LogP contribution in [0.3, 0.4) is 0 Å². The Labute approximate surface area is 186 Å². The summed E-state index contributed by atoms with van der Waals surface area (Å²) in [4.78, 5) is 26.3. The molecular formula is C23H19F2NO5S. The zero-order valence-electron chi connectivity index (χ0n) is 17.5. The molecule has 32 heavy (non-hydrogen) atoms. The van der Waals surface area contributed by atoms with Gasteiger partial charge in [0.1, 0.15) is 27.8 Å². The molecule has 6 nitrogen and oxygen atoms in total.